The molecule has 1 unspecified atom stereocenters. The molecule has 4 N–H and O–H groups in total. The van der Waals surface area contributed by atoms with Gasteiger partial charge in [-0.25, -0.2) is 10.2 Å². The molecular formula is C19H22F3N5O4. The number of alkyl halides is 3. The van der Waals surface area contributed by atoms with Crippen molar-refractivity contribution in [1.29, 1.82) is 0 Å². The number of hydrogen-bond donors (Lipinski definition) is 4. The van der Waals surface area contributed by atoms with E-state index >= 15 is 0 Å². The fourth-order valence-corrected chi connectivity index (χ4v) is 3.56. The number of anilines is 2. The topological polar surface area (TPSA) is 115 Å². The normalized spacial score (nSPS) is 22.5. The maximum atomic E-state index is 12.0. The molecule has 168 valence electrons. The van der Waals surface area contributed by atoms with Crippen LogP contribution in [-0.2, 0) is 9.59 Å². The minimum atomic E-state index is -5.08. The molecule has 31 heavy (non-hydrogen) atoms. The van der Waals surface area contributed by atoms with Crippen molar-refractivity contribution in [2.75, 3.05) is 29.9 Å². The summed E-state index contributed by atoms with van der Waals surface area (Å²) in [6.45, 7) is 4.28. The molecule has 3 aliphatic heterocycles. The van der Waals surface area contributed by atoms with Gasteiger partial charge in [-0.15, -0.1) is 0 Å². The largest absolute Gasteiger partial charge is 0.490 e. The number of hydrogen-bond acceptors (Lipinski definition) is 7. The van der Waals surface area contributed by atoms with Gasteiger partial charge in [0.2, 0.25) is 0 Å². The average molecular weight is 441 g/mol. The van der Waals surface area contributed by atoms with Crippen molar-refractivity contribution in [3.63, 3.8) is 0 Å². The quantitative estimate of drug-likeness (QED) is 0.563. The zero-order valence-corrected chi connectivity index (χ0v) is 16.6. The van der Waals surface area contributed by atoms with Gasteiger partial charge in [-0.3, -0.25) is 4.79 Å². The highest BCUT2D eigenvalue weighted by atomic mass is 19.4. The summed E-state index contributed by atoms with van der Waals surface area (Å²) in [5.41, 5.74) is 6.02. The van der Waals surface area contributed by atoms with Crippen LogP contribution in [0.15, 0.2) is 17.2 Å². The van der Waals surface area contributed by atoms with Crippen LogP contribution >= 0.6 is 0 Å². The van der Waals surface area contributed by atoms with Crippen LogP contribution in [0.4, 0.5) is 24.5 Å². The number of carbonyl (C=O) groups excluding carboxylic acids is 1. The molecule has 1 aromatic rings. The third-order valence-corrected chi connectivity index (χ3v) is 5.49. The van der Waals surface area contributed by atoms with E-state index in [0.717, 1.165) is 30.4 Å². The summed E-state index contributed by atoms with van der Waals surface area (Å²) in [5, 5.41) is 18.2. The van der Waals surface area contributed by atoms with Crippen molar-refractivity contribution in [3.8, 4) is 5.75 Å². The highest BCUT2D eigenvalue weighted by molar-refractivity contribution is 6.09. The first-order valence-corrected chi connectivity index (χ1v) is 9.89. The van der Waals surface area contributed by atoms with E-state index in [1.54, 1.807) is 0 Å². The maximum Gasteiger partial charge on any atom is 0.490 e. The first-order chi connectivity index (χ1) is 14.6. The van der Waals surface area contributed by atoms with E-state index in [9.17, 15) is 18.0 Å². The molecule has 0 radical (unpaired) electrons. The smallest absolute Gasteiger partial charge is 0.483 e. The molecule has 9 nitrogen and oxygen atoms in total. The molecule has 1 saturated carbocycles. The van der Waals surface area contributed by atoms with E-state index in [1.165, 1.54) is 24.1 Å². The Morgan fingerprint density at radius 3 is 2.55 bits per heavy atom. The van der Waals surface area contributed by atoms with Crippen LogP contribution in [0.5, 0.6) is 5.75 Å². The molecule has 1 amide bonds. The summed E-state index contributed by atoms with van der Waals surface area (Å²) in [4.78, 5) is 22.9. The van der Waals surface area contributed by atoms with Gasteiger partial charge >= 0.3 is 12.1 Å². The second-order valence-corrected chi connectivity index (χ2v) is 7.82. The third-order valence-electron chi connectivity index (χ3n) is 5.49. The van der Waals surface area contributed by atoms with Gasteiger partial charge in [-0.05, 0) is 43.4 Å². The van der Waals surface area contributed by atoms with Crippen LogP contribution in [0, 0.1) is 0 Å². The van der Waals surface area contributed by atoms with Gasteiger partial charge < -0.3 is 25.4 Å². The van der Waals surface area contributed by atoms with Crippen LogP contribution in [0.1, 0.15) is 31.2 Å². The molecule has 1 atom stereocenters. The minimum Gasteiger partial charge on any atom is -0.483 e. The summed E-state index contributed by atoms with van der Waals surface area (Å²) in [6.07, 6.45) is -2.60. The molecule has 0 aromatic heterocycles. The lowest BCUT2D eigenvalue weighted by Gasteiger charge is -2.39. The number of benzene rings is 1. The molecule has 1 saturated heterocycles. The number of nitrogens with one attached hydrogen (secondary N) is 3. The van der Waals surface area contributed by atoms with Gasteiger partial charge in [-0.2, -0.15) is 18.3 Å². The molecule has 1 aromatic carbocycles. The monoisotopic (exact) mass is 441 g/mol. The fourth-order valence-electron chi connectivity index (χ4n) is 3.56. The number of carboxylic acid groups (broad SMARTS) is 1. The van der Waals surface area contributed by atoms with E-state index in [4.69, 9.17) is 14.6 Å². The predicted molar refractivity (Wildman–Crippen MR) is 105 cm³/mol. The Kier molecular flexibility index (Phi) is 5.42. The molecule has 2 fully saturated rings. The Bertz CT molecular complexity index is 928. The number of nitrogens with zero attached hydrogens (tertiary/aromatic N) is 2. The van der Waals surface area contributed by atoms with E-state index < -0.39 is 12.1 Å². The highest BCUT2D eigenvalue weighted by Crippen LogP contribution is 2.48. The lowest BCUT2D eigenvalue weighted by Crippen LogP contribution is -2.55. The number of rotatable bonds is 3. The van der Waals surface area contributed by atoms with E-state index in [1.807, 2.05) is 11.8 Å². The van der Waals surface area contributed by atoms with Crippen molar-refractivity contribution in [2.45, 2.75) is 43.9 Å². The minimum absolute atomic E-state index is 0.0874. The molecular weight excluding hydrogens is 419 g/mol. The van der Waals surface area contributed by atoms with Crippen LogP contribution in [0.3, 0.4) is 0 Å². The molecule has 0 bridgehead atoms. The number of amides is 1. The summed E-state index contributed by atoms with van der Waals surface area (Å²) in [6, 6.07) is 4.49. The van der Waals surface area contributed by atoms with E-state index in [-0.39, 0.29) is 11.9 Å². The SMILES string of the molecule is CC1C(=O)NN=C2COc3cc(C4CC4)c(NC4CNC4)cc3N21.O=C(O)C(F)(F)F. The van der Waals surface area contributed by atoms with Gasteiger partial charge in [0.05, 0.1) is 11.7 Å². The zero-order chi connectivity index (χ0) is 22.3. The van der Waals surface area contributed by atoms with Gasteiger partial charge in [0.1, 0.15) is 18.4 Å². The Hall–Kier alpha value is -3.02. The van der Waals surface area contributed by atoms with Crippen LogP contribution in [0.25, 0.3) is 0 Å². The average Bonchev–Trinajstić information content (AvgIpc) is 3.51. The van der Waals surface area contributed by atoms with Gasteiger partial charge in [0.25, 0.3) is 5.91 Å². The number of ether oxygens (including phenoxy) is 1. The van der Waals surface area contributed by atoms with Crippen molar-refractivity contribution in [1.82, 2.24) is 10.7 Å². The number of aliphatic carboxylic acids is 1. The highest BCUT2D eigenvalue weighted by Gasteiger charge is 2.39. The standard InChI is InChI=1S/C17H21N5O2.C2HF3O2/c1-9-17(23)21-20-16-8-24-15-4-12(10-2-3-10)13(5-14(15)22(9)16)19-11-6-18-7-11;3-2(4,5)1(6)7/h4-5,9-11,18-19H,2-3,6-8H2,1H3,(H,21,23);(H,6,7). The first kappa shape index (κ1) is 21.2. The van der Waals surface area contributed by atoms with Crippen molar-refractivity contribution < 1.29 is 32.6 Å². The van der Waals surface area contributed by atoms with Crippen LogP contribution in [-0.4, -0.2) is 60.8 Å². The summed E-state index contributed by atoms with van der Waals surface area (Å²) in [5.74, 6) is -0.602. The zero-order valence-electron chi connectivity index (χ0n) is 16.6. The van der Waals surface area contributed by atoms with Crippen LogP contribution in [0.2, 0.25) is 0 Å². The number of carboxylic acids is 1. The number of amidine groups is 1. The van der Waals surface area contributed by atoms with Crippen LogP contribution < -0.4 is 25.7 Å². The first-order valence-electron chi connectivity index (χ1n) is 9.89. The maximum absolute atomic E-state index is 12.0. The third kappa shape index (κ3) is 4.38. The number of hydrazone groups is 1. The van der Waals surface area contributed by atoms with E-state index in [2.05, 4.69) is 33.3 Å². The summed E-state index contributed by atoms with van der Waals surface area (Å²) >= 11 is 0. The van der Waals surface area contributed by atoms with Crippen molar-refractivity contribution in [3.05, 3.63) is 17.7 Å². The van der Waals surface area contributed by atoms with Crippen molar-refractivity contribution in [2.24, 2.45) is 5.10 Å². The lowest BCUT2D eigenvalue weighted by atomic mass is 10.0. The summed E-state index contributed by atoms with van der Waals surface area (Å²) < 4.78 is 37.7. The summed E-state index contributed by atoms with van der Waals surface area (Å²) in [7, 11) is 0. The Balaban J connectivity index is 0.000000289. The van der Waals surface area contributed by atoms with Gasteiger partial charge in [0, 0.05) is 18.8 Å². The molecule has 0 spiro atoms. The number of carbonyl (C=O) groups is 2. The molecule has 1 aliphatic carbocycles. The molecule has 3 heterocycles. The Labute approximate surface area is 175 Å². The predicted octanol–water partition coefficient (Wildman–Crippen LogP) is 1.61. The van der Waals surface area contributed by atoms with Crippen molar-refractivity contribution >= 4 is 29.1 Å². The molecule has 4 aliphatic rings. The molecule has 12 heteroatoms. The second-order valence-electron chi connectivity index (χ2n) is 7.82. The van der Waals surface area contributed by atoms with Gasteiger partial charge in [-0.1, -0.05) is 0 Å². The Morgan fingerprint density at radius 2 is 2.00 bits per heavy atom. The second kappa shape index (κ2) is 7.91. The lowest BCUT2D eigenvalue weighted by molar-refractivity contribution is -0.192. The Morgan fingerprint density at radius 1 is 1.32 bits per heavy atom. The fraction of sp³-hybridized carbons (Fsp3) is 0.526. The van der Waals surface area contributed by atoms with Gasteiger partial charge in [0.15, 0.2) is 5.84 Å². The van der Waals surface area contributed by atoms with E-state index in [0.29, 0.717) is 18.6 Å². The number of halogens is 3. The number of fused-ring (bicyclic) bond motifs is 3. The molecule has 5 rings (SSSR count).